The van der Waals surface area contributed by atoms with Crippen LogP contribution in [0.5, 0.6) is 5.75 Å². The normalized spacial score (nSPS) is 11.7. The maximum Gasteiger partial charge on any atom is 0.326 e. The van der Waals surface area contributed by atoms with Gasteiger partial charge < -0.3 is 19.8 Å². The molecule has 0 bridgehead atoms. The molecule has 2 N–H and O–H groups in total. The number of fused-ring (bicyclic) bond motifs is 1. The second-order valence-electron chi connectivity index (χ2n) is 7.01. The lowest BCUT2D eigenvalue weighted by atomic mass is 10.2. The number of nitrogens with zero attached hydrogens (tertiary/aromatic N) is 1. The smallest absolute Gasteiger partial charge is 0.326 e. The van der Waals surface area contributed by atoms with E-state index >= 15 is 0 Å². The van der Waals surface area contributed by atoms with Crippen LogP contribution >= 0.6 is 0 Å². The average Bonchev–Trinajstić information content (AvgIpc) is 2.78. The van der Waals surface area contributed by atoms with Gasteiger partial charge in [0, 0.05) is 5.56 Å². The fraction of sp³-hybridized carbons (Fsp3) is 0.304. The van der Waals surface area contributed by atoms with Crippen LogP contribution in [0, 0.1) is 0 Å². The molecule has 1 atom stereocenters. The molecule has 0 fully saturated rings. The molecule has 0 saturated heterocycles. The van der Waals surface area contributed by atoms with Gasteiger partial charge in [0.15, 0.2) is 11.9 Å². The molecule has 1 amide bonds. The highest BCUT2D eigenvalue weighted by Crippen LogP contribution is 2.15. The van der Waals surface area contributed by atoms with Crippen LogP contribution in [0.3, 0.4) is 0 Å². The fourth-order valence-electron chi connectivity index (χ4n) is 2.88. The van der Waals surface area contributed by atoms with Crippen molar-refractivity contribution in [3.63, 3.8) is 0 Å². The molecule has 3 aromatic rings. The van der Waals surface area contributed by atoms with Crippen molar-refractivity contribution < 1.29 is 19.1 Å². The lowest BCUT2D eigenvalue weighted by molar-refractivity contribution is -0.147. The van der Waals surface area contributed by atoms with Gasteiger partial charge in [0.25, 0.3) is 11.5 Å². The van der Waals surface area contributed by atoms with E-state index in [4.69, 9.17) is 9.47 Å². The number of nitrogens with one attached hydrogen (secondary N) is 2. The Morgan fingerprint density at radius 2 is 1.87 bits per heavy atom. The number of amides is 1. The number of H-pyrrole nitrogens is 1. The average molecular weight is 423 g/mol. The first-order valence-electron chi connectivity index (χ1n) is 10.2. The lowest BCUT2D eigenvalue weighted by Crippen LogP contribution is -2.31. The quantitative estimate of drug-likeness (QED) is 0.404. The van der Waals surface area contributed by atoms with Gasteiger partial charge in [0.1, 0.15) is 12.3 Å². The van der Waals surface area contributed by atoms with Gasteiger partial charge >= 0.3 is 5.97 Å². The van der Waals surface area contributed by atoms with Crippen LogP contribution in [-0.2, 0) is 9.53 Å². The largest absolute Gasteiger partial charge is 0.494 e. The highest BCUT2D eigenvalue weighted by molar-refractivity contribution is 5.96. The third kappa shape index (κ3) is 5.91. The Labute approximate surface area is 179 Å². The number of esters is 1. The van der Waals surface area contributed by atoms with Crippen LogP contribution < -0.4 is 15.6 Å². The first-order chi connectivity index (χ1) is 15.0. The molecule has 8 nitrogen and oxygen atoms in total. The maximum absolute atomic E-state index is 12.2. The number of carbonyl (C=O) groups excluding carboxylic acids is 2. The summed E-state index contributed by atoms with van der Waals surface area (Å²) in [5.74, 6) is -0.115. The number of carbonyl (C=O) groups is 2. The van der Waals surface area contributed by atoms with Crippen molar-refractivity contribution in [3.8, 4) is 5.75 Å². The fourth-order valence-corrected chi connectivity index (χ4v) is 2.88. The van der Waals surface area contributed by atoms with Crippen LogP contribution in [0.4, 0.5) is 0 Å². The highest BCUT2D eigenvalue weighted by Gasteiger charge is 2.16. The van der Waals surface area contributed by atoms with E-state index in [0.29, 0.717) is 28.8 Å². The Balaban J connectivity index is 1.52. The summed E-state index contributed by atoms with van der Waals surface area (Å²) >= 11 is 0. The van der Waals surface area contributed by atoms with Crippen LogP contribution in [-0.4, -0.2) is 35.0 Å². The molecular formula is C23H25N3O5. The topological polar surface area (TPSA) is 110 Å². The minimum absolute atomic E-state index is 0.238. The standard InChI is InChI=1S/C23H25N3O5/c1-3-4-13-30-17-11-9-16(10-12-17)22(28)24-14-20(27)31-15(2)21-25-19-8-6-5-7-18(19)23(29)26-21/h5-12,15H,3-4,13-14H2,1-2H3,(H,24,28)(H,25,26,29)/t15-/m0/s1. The van der Waals surface area contributed by atoms with Crippen molar-refractivity contribution in [1.29, 1.82) is 0 Å². The van der Waals surface area contributed by atoms with Crippen molar-refractivity contribution in [2.24, 2.45) is 0 Å². The van der Waals surface area contributed by atoms with Gasteiger partial charge in [-0.1, -0.05) is 25.5 Å². The molecule has 2 aromatic carbocycles. The third-order valence-corrected chi connectivity index (χ3v) is 4.60. The third-order valence-electron chi connectivity index (χ3n) is 4.60. The molecule has 0 spiro atoms. The van der Waals surface area contributed by atoms with Gasteiger partial charge in [-0.15, -0.1) is 0 Å². The summed E-state index contributed by atoms with van der Waals surface area (Å²) in [5, 5.41) is 2.98. The summed E-state index contributed by atoms with van der Waals surface area (Å²) in [5.41, 5.74) is 0.614. The highest BCUT2D eigenvalue weighted by atomic mass is 16.5. The van der Waals surface area contributed by atoms with Gasteiger partial charge in [-0.25, -0.2) is 4.98 Å². The summed E-state index contributed by atoms with van der Waals surface area (Å²) in [6, 6.07) is 13.6. The minimum Gasteiger partial charge on any atom is -0.494 e. The predicted octanol–water partition coefficient (Wildman–Crippen LogP) is 3.14. The van der Waals surface area contributed by atoms with E-state index in [1.807, 2.05) is 0 Å². The zero-order valence-electron chi connectivity index (χ0n) is 17.5. The summed E-state index contributed by atoms with van der Waals surface area (Å²) in [6.45, 7) is 4.00. The minimum atomic E-state index is -0.777. The van der Waals surface area contributed by atoms with Crippen LogP contribution in [0.15, 0.2) is 53.3 Å². The van der Waals surface area contributed by atoms with E-state index in [0.717, 1.165) is 12.8 Å². The van der Waals surface area contributed by atoms with Crippen LogP contribution in [0.2, 0.25) is 0 Å². The van der Waals surface area contributed by atoms with Gasteiger partial charge in [0.05, 0.1) is 17.5 Å². The number of para-hydroxylation sites is 1. The van der Waals surface area contributed by atoms with Crippen molar-refractivity contribution in [1.82, 2.24) is 15.3 Å². The van der Waals surface area contributed by atoms with Crippen molar-refractivity contribution in [3.05, 3.63) is 70.3 Å². The summed E-state index contributed by atoms with van der Waals surface area (Å²) < 4.78 is 10.9. The number of benzene rings is 2. The van der Waals surface area contributed by atoms with Gasteiger partial charge in [0.2, 0.25) is 0 Å². The van der Waals surface area contributed by atoms with Gasteiger partial charge in [-0.2, -0.15) is 0 Å². The van der Waals surface area contributed by atoms with Crippen LogP contribution in [0.25, 0.3) is 10.9 Å². The Morgan fingerprint density at radius 1 is 1.13 bits per heavy atom. The number of hydrogen-bond acceptors (Lipinski definition) is 6. The maximum atomic E-state index is 12.2. The van der Waals surface area contributed by atoms with Crippen LogP contribution in [0.1, 0.15) is 49.0 Å². The number of aromatic amines is 1. The van der Waals surface area contributed by atoms with E-state index in [1.165, 1.54) is 0 Å². The lowest BCUT2D eigenvalue weighted by Gasteiger charge is -2.13. The molecule has 0 radical (unpaired) electrons. The molecule has 0 saturated carbocycles. The molecule has 31 heavy (non-hydrogen) atoms. The second-order valence-corrected chi connectivity index (χ2v) is 7.01. The van der Waals surface area contributed by atoms with E-state index < -0.39 is 18.0 Å². The molecule has 1 heterocycles. The van der Waals surface area contributed by atoms with Crippen molar-refractivity contribution in [2.75, 3.05) is 13.2 Å². The first-order valence-corrected chi connectivity index (χ1v) is 10.2. The Kier molecular flexibility index (Phi) is 7.37. The molecule has 0 aliphatic rings. The second kappa shape index (κ2) is 10.4. The molecule has 3 rings (SSSR count). The zero-order valence-corrected chi connectivity index (χ0v) is 17.5. The molecular weight excluding hydrogens is 398 g/mol. The first kappa shape index (κ1) is 22.0. The molecule has 162 valence electrons. The number of rotatable bonds is 9. The molecule has 0 unspecified atom stereocenters. The molecule has 1 aromatic heterocycles. The van der Waals surface area contributed by atoms with Crippen molar-refractivity contribution in [2.45, 2.75) is 32.8 Å². The monoisotopic (exact) mass is 423 g/mol. The predicted molar refractivity (Wildman–Crippen MR) is 116 cm³/mol. The zero-order chi connectivity index (χ0) is 22.2. The summed E-state index contributed by atoms with van der Waals surface area (Å²) in [4.78, 5) is 43.5. The summed E-state index contributed by atoms with van der Waals surface area (Å²) in [6.07, 6.45) is 1.23. The molecule has 0 aliphatic carbocycles. The Hall–Kier alpha value is -3.68. The Bertz CT molecular complexity index is 1110. The number of ether oxygens (including phenoxy) is 2. The van der Waals surface area contributed by atoms with Gasteiger partial charge in [-0.3, -0.25) is 14.4 Å². The molecule has 0 aliphatic heterocycles. The van der Waals surface area contributed by atoms with E-state index in [1.54, 1.807) is 55.5 Å². The molecule has 8 heteroatoms. The number of aromatic nitrogens is 2. The SMILES string of the molecule is CCCCOc1ccc(C(=O)NCC(=O)O[C@@H](C)c2nc3ccccc3c(=O)[nH]2)cc1. The van der Waals surface area contributed by atoms with E-state index in [9.17, 15) is 14.4 Å². The van der Waals surface area contributed by atoms with E-state index in [-0.39, 0.29) is 17.9 Å². The Morgan fingerprint density at radius 3 is 2.61 bits per heavy atom. The number of hydrogen-bond donors (Lipinski definition) is 2. The number of unbranched alkanes of at least 4 members (excludes halogenated alkanes) is 1. The van der Waals surface area contributed by atoms with E-state index in [2.05, 4.69) is 22.2 Å². The van der Waals surface area contributed by atoms with Gasteiger partial charge in [-0.05, 0) is 49.7 Å². The van der Waals surface area contributed by atoms with Crippen molar-refractivity contribution >= 4 is 22.8 Å². The summed E-state index contributed by atoms with van der Waals surface area (Å²) in [7, 11) is 0.